The number of para-hydroxylation sites is 1. The van der Waals surface area contributed by atoms with Gasteiger partial charge in [-0.1, -0.05) is 341 Å². The Labute approximate surface area is 831 Å². The summed E-state index contributed by atoms with van der Waals surface area (Å²) in [6, 6.07) is 151. The van der Waals surface area contributed by atoms with Crippen LogP contribution in [0.2, 0.25) is 0 Å². The van der Waals surface area contributed by atoms with Gasteiger partial charge < -0.3 is 4.42 Å². The van der Waals surface area contributed by atoms with E-state index in [0.29, 0.717) is 23.4 Å². The van der Waals surface area contributed by atoms with E-state index in [1.54, 1.807) is 11.3 Å². The van der Waals surface area contributed by atoms with Crippen LogP contribution in [0.15, 0.2) is 423 Å². The summed E-state index contributed by atoms with van der Waals surface area (Å²) in [5.41, 5.74) is 20.4. The van der Waals surface area contributed by atoms with Crippen molar-refractivity contribution in [3.63, 3.8) is 0 Å². The molecule has 10 nitrogen and oxygen atoms in total. The van der Waals surface area contributed by atoms with E-state index in [1.165, 1.54) is 179 Å². The van der Waals surface area contributed by atoms with Crippen molar-refractivity contribution >= 4 is 278 Å². The number of furan rings is 1. The molecule has 666 valence electrons. The molecule has 0 aliphatic heterocycles. The number of rotatable bonds is 6. The molecule has 0 saturated heterocycles. The number of benzene rings is 21. The predicted octanol–water partition coefficient (Wildman–Crippen LogP) is 36.3. The third-order valence-corrected chi connectivity index (χ3v) is 34.5. The normalized spacial score (nSPS) is 12.7. The molecule has 32 aromatic rings. The Kier molecular flexibility index (Phi) is 17.3. The Hall–Kier alpha value is -17.5. The van der Waals surface area contributed by atoms with Crippen LogP contribution >= 0.6 is 45.3 Å². The predicted molar refractivity (Wildman–Crippen MR) is 607 cm³/mol. The highest BCUT2D eigenvalue weighted by molar-refractivity contribution is 7.27. The maximum atomic E-state index is 6.55. The summed E-state index contributed by atoms with van der Waals surface area (Å²) in [6.45, 7) is 4.64. The molecule has 0 unspecified atom stereocenters. The van der Waals surface area contributed by atoms with E-state index in [0.717, 1.165) is 105 Å². The molecular formula is C129H75N9OS4. The van der Waals surface area contributed by atoms with Crippen molar-refractivity contribution < 1.29 is 4.42 Å². The quantitative estimate of drug-likeness (QED) is 0.163. The molecule has 143 heavy (non-hydrogen) atoms. The standard InChI is InChI=1S/C45H29N3S.C42H23N3OS.C42H23N3S2/c1-45(2)36-17-9-7-16-34(36)42-40(45)41(29-20-21-32-31-15-8-10-18-38(31)49-39(32)25-29)46-44(47-42)48-37-24-28-13-4-3-12-27(28)23-35(37)33-22-19-26-11-5-6-14-30(26)43(33)48;1-2-11-26-22-34-33(21-25(26)10-1)31-20-17-24-9-3-4-12-28(24)40(31)45(34)42-43-38(41-39(44-42)32-14-5-7-15-35(32)46-41)27-18-19-30-29-13-6-8-16-36(29)47-37(30)23-27;1-2-11-26-22-34-33(21-25(26)10-1)31-20-17-24-9-3-4-12-28(24)40(31)45(34)42-43-38(41-39(44-42)32-14-6-8-16-36(32)47-41)27-18-19-30-29-13-5-7-15-35(29)46-37(30)23-27/h3-25H,1-2H3;2*1-23H. The second kappa shape index (κ2) is 30.8. The third-order valence-electron chi connectivity index (χ3n) is 29.9. The summed E-state index contributed by atoms with van der Waals surface area (Å²) in [6.07, 6.45) is 0. The zero-order valence-corrected chi connectivity index (χ0v) is 80.2. The maximum Gasteiger partial charge on any atom is 0.236 e. The fourth-order valence-electron chi connectivity index (χ4n) is 23.3. The van der Waals surface area contributed by atoms with Crippen LogP contribution in [0.25, 0.3) is 296 Å². The van der Waals surface area contributed by atoms with Crippen LogP contribution in [0.5, 0.6) is 0 Å². The molecule has 0 bridgehead atoms. The van der Waals surface area contributed by atoms with Gasteiger partial charge in [-0.15, -0.1) is 45.3 Å². The minimum atomic E-state index is -0.265. The molecule has 1 aliphatic rings. The van der Waals surface area contributed by atoms with Gasteiger partial charge in [0.15, 0.2) is 5.58 Å². The molecule has 11 heterocycles. The molecule has 0 N–H and O–H groups in total. The molecule has 1 aliphatic carbocycles. The van der Waals surface area contributed by atoms with Crippen molar-refractivity contribution in [1.82, 2.24) is 43.6 Å². The van der Waals surface area contributed by atoms with Gasteiger partial charge in [0.05, 0.1) is 60.4 Å². The van der Waals surface area contributed by atoms with Crippen molar-refractivity contribution in [2.75, 3.05) is 0 Å². The third kappa shape index (κ3) is 12.1. The average molecular weight is 1900 g/mol. The first-order chi connectivity index (χ1) is 70.6. The first-order valence-corrected chi connectivity index (χ1v) is 51.6. The smallest absolute Gasteiger partial charge is 0.236 e. The van der Waals surface area contributed by atoms with Crippen LogP contribution in [-0.4, -0.2) is 43.6 Å². The minimum absolute atomic E-state index is 0.265. The lowest BCUT2D eigenvalue weighted by Crippen LogP contribution is -2.18. The number of hydrogen-bond donors (Lipinski definition) is 0. The Balaban J connectivity index is 0.0000000981. The number of thiophene rings is 4. The highest BCUT2D eigenvalue weighted by atomic mass is 32.1. The van der Waals surface area contributed by atoms with Gasteiger partial charge in [0, 0.05) is 158 Å². The van der Waals surface area contributed by atoms with Gasteiger partial charge in [-0.25, -0.2) is 29.9 Å². The zero-order chi connectivity index (χ0) is 93.7. The van der Waals surface area contributed by atoms with Crippen molar-refractivity contribution in [2.45, 2.75) is 19.3 Å². The van der Waals surface area contributed by atoms with E-state index in [4.69, 9.17) is 34.3 Å². The summed E-state index contributed by atoms with van der Waals surface area (Å²) in [5.74, 6) is 2.02. The fraction of sp³-hybridized carbons (Fsp3) is 0.0233. The molecule has 0 saturated carbocycles. The number of nitrogens with zero attached hydrogens (tertiary/aromatic N) is 9. The molecule has 0 spiro atoms. The van der Waals surface area contributed by atoms with Crippen LogP contribution in [-0.2, 0) is 5.41 Å². The molecule has 11 aromatic heterocycles. The summed E-state index contributed by atoms with van der Waals surface area (Å²) < 4.78 is 23.5. The molecular weight excluding hydrogens is 1820 g/mol. The lowest BCUT2D eigenvalue weighted by molar-refractivity contribution is 0.657. The second-order valence-corrected chi connectivity index (χ2v) is 42.5. The Morgan fingerprint density at radius 3 is 1.01 bits per heavy atom. The highest BCUT2D eigenvalue weighted by Gasteiger charge is 2.41. The number of fused-ring (bicyclic) bond motifs is 36. The fourth-order valence-corrected chi connectivity index (χ4v) is 27.9. The van der Waals surface area contributed by atoms with Gasteiger partial charge >= 0.3 is 0 Å². The summed E-state index contributed by atoms with van der Waals surface area (Å²) in [4.78, 5) is 32.9. The molecule has 0 amide bonds. The van der Waals surface area contributed by atoms with Crippen LogP contribution in [0.1, 0.15) is 25.0 Å². The van der Waals surface area contributed by atoms with Crippen molar-refractivity contribution in [2.24, 2.45) is 0 Å². The summed E-state index contributed by atoms with van der Waals surface area (Å²) in [7, 11) is 0. The van der Waals surface area contributed by atoms with E-state index in [1.807, 2.05) is 52.2 Å². The van der Waals surface area contributed by atoms with Crippen molar-refractivity contribution in [1.29, 1.82) is 0 Å². The Bertz CT molecular complexity index is 10800. The SMILES string of the molecule is CC1(C)c2ccccc2-c2nc(-n3c4cc5ccccc5cc4c4ccc5ccccc5c43)nc(-c3ccc4c(c3)sc3ccccc34)c21.c1ccc2cc3c(cc2c1)c1ccc2ccccc2c1n3-c1nc(-c2ccc3c(c2)sc2ccccc23)c2oc3ccccc3c2n1.c1ccc2cc3c(cc2c1)c1ccc2ccccc2c1n3-c1nc(-c2ccc3c(c2)sc2ccccc23)c2sc3ccccc3c2n1. The largest absolute Gasteiger partial charge is 0.452 e. The molecule has 21 aromatic carbocycles. The zero-order valence-electron chi connectivity index (χ0n) is 76.9. The van der Waals surface area contributed by atoms with Gasteiger partial charge in [-0.2, -0.15) is 0 Å². The van der Waals surface area contributed by atoms with E-state index in [9.17, 15) is 0 Å². The van der Waals surface area contributed by atoms with E-state index in [-0.39, 0.29) is 5.41 Å². The highest BCUT2D eigenvalue weighted by Crippen LogP contribution is 2.54. The summed E-state index contributed by atoms with van der Waals surface area (Å²) >= 11 is 7.28. The van der Waals surface area contributed by atoms with Crippen LogP contribution in [0.3, 0.4) is 0 Å². The molecule has 0 atom stereocenters. The van der Waals surface area contributed by atoms with Gasteiger partial charge in [-0.05, 0) is 145 Å². The van der Waals surface area contributed by atoms with Gasteiger partial charge in [-0.3, -0.25) is 13.7 Å². The summed E-state index contributed by atoms with van der Waals surface area (Å²) in [5, 5.41) is 31.4. The van der Waals surface area contributed by atoms with E-state index < -0.39 is 0 Å². The van der Waals surface area contributed by atoms with Crippen LogP contribution in [0.4, 0.5) is 0 Å². The molecule has 14 heteroatoms. The second-order valence-electron chi connectivity index (χ2n) is 38.2. The molecule has 0 fully saturated rings. The van der Waals surface area contributed by atoms with Gasteiger partial charge in [0.1, 0.15) is 16.8 Å². The van der Waals surface area contributed by atoms with Crippen molar-refractivity contribution in [3.8, 4) is 62.9 Å². The Morgan fingerprint density at radius 1 is 0.224 bits per heavy atom. The maximum absolute atomic E-state index is 6.55. The van der Waals surface area contributed by atoms with Gasteiger partial charge in [0.2, 0.25) is 17.8 Å². The lowest BCUT2D eigenvalue weighted by atomic mass is 9.81. The Morgan fingerprint density at radius 2 is 0.545 bits per heavy atom. The molecule has 0 radical (unpaired) electrons. The monoisotopic (exact) mass is 1890 g/mol. The van der Waals surface area contributed by atoms with E-state index >= 15 is 0 Å². The molecule has 33 rings (SSSR count). The van der Waals surface area contributed by atoms with Gasteiger partial charge in [0.25, 0.3) is 0 Å². The topological polar surface area (TPSA) is 105 Å². The van der Waals surface area contributed by atoms with Crippen LogP contribution in [0, 0.1) is 0 Å². The number of hydrogen-bond acceptors (Lipinski definition) is 11. The van der Waals surface area contributed by atoms with E-state index in [2.05, 4.69) is 428 Å². The number of aromatic nitrogens is 9. The first-order valence-electron chi connectivity index (χ1n) is 48.3. The van der Waals surface area contributed by atoms with Crippen LogP contribution < -0.4 is 0 Å². The minimum Gasteiger partial charge on any atom is -0.452 e. The first kappa shape index (κ1) is 80.4. The average Bonchev–Trinajstić information content (AvgIpc) is 1.55. The lowest BCUT2D eigenvalue weighted by Gasteiger charge is -2.24. The van der Waals surface area contributed by atoms with Crippen molar-refractivity contribution in [3.05, 3.63) is 430 Å².